The van der Waals surface area contributed by atoms with Crippen molar-refractivity contribution >= 4 is 21.8 Å². The third-order valence-electron chi connectivity index (χ3n) is 4.43. The summed E-state index contributed by atoms with van der Waals surface area (Å²) in [6.07, 6.45) is -0.855. The van der Waals surface area contributed by atoms with Crippen LogP contribution < -0.4 is 10.6 Å². The van der Waals surface area contributed by atoms with Gasteiger partial charge >= 0.3 is 11.8 Å². The van der Waals surface area contributed by atoms with Crippen molar-refractivity contribution < 1.29 is 22.7 Å². The molecule has 0 aromatic heterocycles. The molecule has 2 rings (SSSR count). The SMILES string of the molecule is Cc1cc(C)c(S(=O)(=O)N2CCOC2CNC(=O)C(=O)NCC(C)C)c(C)c1. The topological polar surface area (TPSA) is 105 Å². The van der Waals surface area contributed by atoms with E-state index in [0.717, 1.165) is 5.56 Å². The van der Waals surface area contributed by atoms with Crippen LogP contribution >= 0.6 is 0 Å². The van der Waals surface area contributed by atoms with Crippen molar-refractivity contribution in [3.05, 3.63) is 28.8 Å². The Bertz CT molecular complexity index is 828. The lowest BCUT2D eigenvalue weighted by molar-refractivity contribution is -0.139. The van der Waals surface area contributed by atoms with Crippen molar-refractivity contribution in [2.24, 2.45) is 5.92 Å². The highest BCUT2D eigenvalue weighted by Crippen LogP contribution is 2.28. The van der Waals surface area contributed by atoms with E-state index in [1.807, 2.05) is 32.9 Å². The summed E-state index contributed by atoms with van der Waals surface area (Å²) >= 11 is 0. The monoisotopic (exact) mass is 411 g/mol. The average molecular weight is 412 g/mol. The third-order valence-corrected chi connectivity index (χ3v) is 6.62. The molecule has 0 saturated carbocycles. The highest BCUT2D eigenvalue weighted by Gasteiger charge is 2.38. The molecule has 2 N–H and O–H groups in total. The molecule has 1 fully saturated rings. The number of aryl methyl sites for hydroxylation is 3. The summed E-state index contributed by atoms with van der Waals surface area (Å²) < 4.78 is 33.2. The lowest BCUT2D eigenvalue weighted by Gasteiger charge is -2.24. The van der Waals surface area contributed by atoms with Gasteiger partial charge in [0.2, 0.25) is 10.0 Å². The number of ether oxygens (including phenoxy) is 1. The van der Waals surface area contributed by atoms with Gasteiger partial charge in [0.05, 0.1) is 18.0 Å². The molecule has 156 valence electrons. The Labute approximate surface area is 166 Å². The summed E-state index contributed by atoms with van der Waals surface area (Å²) in [5, 5.41) is 4.98. The second-order valence-corrected chi connectivity index (χ2v) is 9.31. The maximum atomic E-state index is 13.2. The molecular weight excluding hydrogens is 382 g/mol. The number of carbonyl (C=O) groups excluding carboxylic acids is 2. The Morgan fingerprint density at radius 1 is 1.14 bits per heavy atom. The van der Waals surface area contributed by atoms with Gasteiger partial charge in [-0.2, -0.15) is 4.31 Å². The second kappa shape index (κ2) is 9.02. The molecule has 1 unspecified atom stereocenters. The number of amides is 2. The molecule has 9 heteroatoms. The van der Waals surface area contributed by atoms with E-state index in [4.69, 9.17) is 4.74 Å². The zero-order chi connectivity index (χ0) is 21.1. The summed E-state index contributed by atoms with van der Waals surface area (Å²) in [4.78, 5) is 24.0. The molecule has 28 heavy (non-hydrogen) atoms. The van der Waals surface area contributed by atoms with Gasteiger partial charge in [0.25, 0.3) is 0 Å². The van der Waals surface area contributed by atoms with Crippen molar-refractivity contribution in [3.63, 3.8) is 0 Å². The molecule has 0 radical (unpaired) electrons. The van der Waals surface area contributed by atoms with Gasteiger partial charge in [-0.05, 0) is 37.8 Å². The first kappa shape index (κ1) is 22.3. The molecule has 1 atom stereocenters. The van der Waals surface area contributed by atoms with Crippen LogP contribution in [-0.4, -0.2) is 57.0 Å². The fourth-order valence-corrected chi connectivity index (χ4v) is 5.20. The standard InChI is InChI=1S/C19H29N3O5S/c1-12(2)10-20-18(23)19(24)21-11-16-22(6-7-27-16)28(25,26)17-14(4)8-13(3)9-15(17)5/h8-9,12,16H,6-7,10-11H2,1-5H3,(H,20,23)(H,21,24). The molecule has 1 aliphatic rings. The fourth-order valence-electron chi connectivity index (χ4n) is 3.27. The normalized spacial score (nSPS) is 17.7. The van der Waals surface area contributed by atoms with Gasteiger partial charge in [0.15, 0.2) is 0 Å². The molecule has 0 aliphatic carbocycles. The van der Waals surface area contributed by atoms with Gasteiger partial charge in [-0.25, -0.2) is 8.42 Å². The molecule has 1 heterocycles. The molecule has 1 aromatic rings. The summed E-state index contributed by atoms with van der Waals surface area (Å²) in [5.41, 5.74) is 2.32. The Hall–Kier alpha value is -1.97. The Morgan fingerprint density at radius 2 is 1.71 bits per heavy atom. The summed E-state index contributed by atoms with van der Waals surface area (Å²) in [6.45, 7) is 9.98. The summed E-state index contributed by atoms with van der Waals surface area (Å²) in [7, 11) is -3.80. The highest BCUT2D eigenvalue weighted by atomic mass is 32.2. The second-order valence-electron chi connectivity index (χ2n) is 7.48. The van der Waals surface area contributed by atoms with Crippen LogP contribution in [0.15, 0.2) is 17.0 Å². The van der Waals surface area contributed by atoms with E-state index in [2.05, 4.69) is 10.6 Å². The molecule has 0 spiro atoms. The van der Waals surface area contributed by atoms with Crippen LogP contribution in [0.1, 0.15) is 30.5 Å². The number of nitrogens with one attached hydrogen (secondary N) is 2. The smallest absolute Gasteiger partial charge is 0.309 e. The van der Waals surface area contributed by atoms with Gasteiger partial charge in [0.1, 0.15) is 6.23 Å². The van der Waals surface area contributed by atoms with Gasteiger partial charge in [-0.1, -0.05) is 31.5 Å². The molecule has 0 bridgehead atoms. The van der Waals surface area contributed by atoms with Crippen LogP contribution in [0.2, 0.25) is 0 Å². The van der Waals surface area contributed by atoms with Crippen LogP contribution in [0.3, 0.4) is 0 Å². The first-order valence-corrected chi connectivity index (χ1v) is 10.8. The van der Waals surface area contributed by atoms with E-state index >= 15 is 0 Å². The van der Waals surface area contributed by atoms with Crippen molar-refractivity contribution in [2.45, 2.75) is 45.7 Å². The first-order valence-electron chi connectivity index (χ1n) is 9.31. The highest BCUT2D eigenvalue weighted by molar-refractivity contribution is 7.89. The predicted molar refractivity (Wildman–Crippen MR) is 105 cm³/mol. The van der Waals surface area contributed by atoms with E-state index in [-0.39, 0.29) is 30.5 Å². The van der Waals surface area contributed by atoms with Crippen molar-refractivity contribution in [3.8, 4) is 0 Å². The van der Waals surface area contributed by atoms with Crippen LogP contribution in [0.5, 0.6) is 0 Å². The quantitative estimate of drug-likeness (QED) is 0.675. The molecular formula is C19H29N3O5S. The maximum Gasteiger partial charge on any atom is 0.309 e. The van der Waals surface area contributed by atoms with Crippen molar-refractivity contribution in [1.29, 1.82) is 0 Å². The van der Waals surface area contributed by atoms with E-state index < -0.39 is 28.1 Å². The minimum Gasteiger partial charge on any atom is -0.359 e. The van der Waals surface area contributed by atoms with Gasteiger partial charge in [-0.15, -0.1) is 0 Å². The number of benzene rings is 1. The van der Waals surface area contributed by atoms with Crippen LogP contribution in [0, 0.1) is 26.7 Å². The minimum atomic E-state index is -3.80. The fraction of sp³-hybridized carbons (Fsp3) is 0.579. The predicted octanol–water partition coefficient (Wildman–Crippen LogP) is 0.847. The Morgan fingerprint density at radius 3 is 2.29 bits per heavy atom. The number of nitrogens with zero attached hydrogens (tertiary/aromatic N) is 1. The van der Waals surface area contributed by atoms with E-state index in [9.17, 15) is 18.0 Å². The first-order chi connectivity index (χ1) is 13.0. The number of carbonyl (C=O) groups is 2. The zero-order valence-corrected chi connectivity index (χ0v) is 17.9. The number of hydrogen-bond donors (Lipinski definition) is 2. The average Bonchev–Trinajstić information content (AvgIpc) is 3.05. The third kappa shape index (κ3) is 5.09. The molecule has 1 aliphatic heterocycles. The van der Waals surface area contributed by atoms with Gasteiger partial charge in [-0.3, -0.25) is 9.59 Å². The maximum absolute atomic E-state index is 13.2. The largest absolute Gasteiger partial charge is 0.359 e. The zero-order valence-electron chi connectivity index (χ0n) is 17.0. The number of hydrogen-bond acceptors (Lipinski definition) is 5. The molecule has 8 nitrogen and oxygen atoms in total. The van der Waals surface area contributed by atoms with Gasteiger partial charge in [0, 0.05) is 13.1 Å². The number of sulfonamides is 1. The number of rotatable bonds is 6. The van der Waals surface area contributed by atoms with Gasteiger partial charge < -0.3 is 15.4 Å². The van der Waals surface area contributed by atoms with Crippen LogP contribution in [0.4, 0.5) is 0 Å². The summed E-state index contributed by atoms with van der Waals surface area (Å²) in [6, 6.07) is 3.65. The van der Waals surface area contributed by atoms with Crippen molar-refractivity contribution in [1.82, 2.24) is 14.9 Å². The summed E-state index contributed by atoms with van der Waals surface area (Å²) in [5.74, 6) is -1.33. The Balaban J connectivity index is 2.10. The van der Waals surface area contributed by atoms with E-state index in [1.165, 1.54) is 4.31 Å². The van der Waals surface area contributed by atoms with E-state index in [0.29, 0.717) is 17.7 Å². The lowest BCUT2D eigenvalue weighted by Crippen LogP contribution is -2.48. The van der Waals surface area contributed by atoms with E-state index in [1.54, 1.807) is 13.8 Å². The minimum absolute atomic E-state index is 0.100. The molecule has 1 aromatic carbocycles. The Kier molecular flexibility index (Phi) is 7.19. The molecule has 2 amide bonds. The van der Waals surface area contributed by atoms with Crippen molar-refractivity contribution in [2.75, 3.05) is 26.2 Å². The van der Waals surface area contributed by atoms with Crippen LogP contribution in [0.25, 0.3) is 0 Å². The van der Waals surface area contributed by atoms with Crippen LogP contribution in [-0.2, 0) is 24.3 Å². The lowest BCUT2D eigenvalue weighted by atomic mass is 10.1. The molecule has 1 saturated heterocycles.